The highest BCUT2D eigenvalue weighted by Gasteiger charge is 2.43. The number of oxazole rings is 1. The van der Waals surface area contributed by atoms with E-state index in [1.54, 1.807) is 12.4 Å². The minimum atomic E-state index is -2.07. The molecular formula is C30H34N2O2Si. The minimum absolute atomic E-state index is 0.0909. The van der Waals surface area contributed by atoms with Crippen LogP contribution in [0, 0.1) is 5.92 Å². The molecular weight excluding hydrogens is 448 g/mol. The average molecular weight is 483 g/mol. The second-order valence-electron chi connectivity index (χ2n) is 11.1. The van der Waals surface area contributed by atoms with Crippen LogP contribution in [-0.4, -0.2) is 18.3 Å². The summed E-state index contributed by atoms with van der Waals surface area (Å²) >= 11 is 0. The van der Waals surface area contributed by atoms with E-state index in [-0.39, 0.29) is 17.1 Å². The highest BCUT2D eigenvalue weighted by atomic mass is 28.4. The van der Waals surface area contributed by atoms with Crippen molar-refractivity contribution in [2.45, 2.75) is 57.8 Å². The Bertz CT molecular complexity index is 1290. The van der Waals surface area contributed by atoms with Crippen molar-refractivity contribution in [2.75, 3.05) is 0 Å². The van der Waals surface area contributed by atoms with Gasteiger partial charge < -0.3 is 8.84 Å². The first kappa shape index (κ1) is 23.7. The SMILES string of the molecule is CC(C)(C)[Si](C)(C)OC(c1ncc(-c2ccccn2)o1)C1Cc2ccc(-c3ccccc3)cc2C1. The molecule has 4 aromatic rings. The molecule has 0 bridgehead atoms. The van der Waals surface area contributed by atoms with Crippen molar-refractivity contribution in [1.29, 1.82) is 0 Å². The highest BCUT2D eigenvalue weighted by molar-refractivity contribution is 6.74. The van der Waals surface area contributed by atoms with Crippen molar-refractivity contribution in [1.82, 2.24) is 9.97 Å². The van der Waals surface area contributed by atoms with Crippen LogP contribution in [0.4, 0.5) is 0 Å². The predicted molar refractivity (Wildman–Crippen MR) is 144 cm³/mol. The zero-order chi connectivity index (χ0) is 24.6. The van der Waals surface area contributed by atoms with E-state index < -0.39 is 8.32 Å². The zero-order valence-corrected chi connectivity index (χ0v) is 22.3. The second-order valence-corrected chi connectivity index (χ2v) is 15.9. The Labute approximate surface area is 209 Å². The van der Waals surface area contributed by atoms with Crippen LogP contribution in [0.5, 0.6) is 0 Å². The van der Waals surface area contributed by atoms with Crippen LogP contribution < -0.4 is 0 Å². The van der Waals surface area contributed by atoms with Crippen molar-refractivity contribution in [3.8, 4) is 22.6 Å². The van der Waals surface area contributed by atoms with Crippen molar-refractivity contribution in [3.63, 3.8) is 0 Å². The molecule has 2 aromatic carbocycles. The standard InChI is InChI=1S/C30H34N2O2Si/c1-30(2,3)35(4,5)34-28(29-32-20-27(33-29)26-13-9-10-16-31-26)25-18-23-15-14-22(17-24(23)19-25)21-11-7-6-8-12-21/h6-17,20,25,28H,18-19H2,1-5H3. The van der Waals surface area contributed by atoms with Crippen molar-refractivity contribution in [3.05, 3.63) is 96.1 Å². The van der Waals surface area contributed by atoms with Crippen LogP contribution in [0.25, 0.3) is 22.6 Å². The molecule has 4 nitrogen and oxygen atoms in total. The van der Waals surface area contributed by atoms with Crippen LogP contribution in [0.15, 0.2) is 83.5 Å². The maximum absolute atomic E-state index is 7.03. The van der Waals surface area contributed by atoms with Gasteiger partial charge in [-0.1, -0.05) is 75.4 Å². The van der Waals surface area contributed by atoms with Gasteiger partial charge in [-0.25, -0.2) is 4.98 Å². The molecule has 2 aromatic heterocycles. The summed E-state index contributed by atoms with van der Waals surface area (Å²) in [4.78, 5) is 9.16. The van der Waals surface area contributed by atoms with E-state index in [4.69, 9.17) is 13.8 Å². The van der Waals surface area contributed by atoms with Gasteiger partial charge in [0.1, 0.15) is 11.8 Å². The predicted octanol–water partition coefficient (Wildman–Crippen LogP) is 7.88. The normalized spacial score (nSPS) is 16.8. The van der Waals surface area contributed by atoms with Crippen molar-refractivity contribution >= 4 is 8.32 Å². The smallest absolute Gasteiger partial charge is 0.223 e. The maximum atomic E-state index is 7.03. The topological polar surface area (TPSA) is 48.2 Å². The summed E-state index contributed by atoms with van der Waals surface area (Å²) in [6.45, 7) is 11.4. The zero-order valence-electron chi connectivity index (χ0n) is 21.3. The van der Waals surface area contributed by atoms with Crippen LogP contribution >= 0.6 is 0 Å². The van der Waals surface area contributed by atoms with Gasteiger partial charge in [0, 0.05) is 12.1 Å². The van der Waals surface area contributed by atoms with Gasteiger partial charge in [-0.05, 0) is 65.4 Å². The Hall–Kier alpha value is -3.02. The molecule has 0 N–H and O–H groups in total. The van der Waals surface area contributed by atoms with Crippen molar-refractivity contribution in [2.24, 2.45) is 5.92 Å². The number of aromatic nitrogens is 2. The first-order valence-electron chi connectivity index (χ1n) is 12.4. The Morgan fingerprint density at radius 3 is 2.34 bits per heavy atom. The fourth-order valence-corrected chi connectivity index (χ4v) is 5.85. The van der Waals surface area contributed by atoms with E-state index in [9.17, 15) is 0 Å². The summed E-state index contributed by atoms with van der Waals surface area (Å²) in [5, 5.41) is 0.0909. The van der Waals surface area contributed by atoms with Gasteiger partial charge in [0.15, 0.2) is 14.1 Å². The molecule has 2 unspecified atom stereocenters. The third-order valence-electron chi connectivity index (χ3n) is 7.62. The number of benzene rings is 2. The first-order chi connectivity index (χ1) is 16.7. The molecule has 0 amide bonds. The van der Waals surface area contributed by atoms with E-state index in [1.807, 2.05) is 18.2 Å². The van der Waals surface area contributed by atoms with E-state index in [2.05, 4.69) is 87.4 Å². The average Bonchev–Trinajstić information content (AvgIpc) is 3.50. The summed E-state index contributed by atoms with van der Waals surface area (Å²) in [7, 11) is -2.07. The molecule has 1 aliphatic rings. The lowest BCUT2D eigenvalue weighted by molar-refractivity contribution is 0.0951. The van der Waals surface area contributed by atoms with E-state index in [0.717, 1.165) is 18.5 Å². The third kappa shape index (κ3) is 4.88. The number of nitrogens with zero attached hydrogens (tertiary/aromatic N) is 2. The molecule has 2 atom stereocenters. The Morgan fingerprint density at radius 1 is 0.886 bits per heavy atom. The number of hydrogen-bond donors (Lipinski definition) is 0. The summed E-state index contributed by atoms with van der Waals surface area (Å²) in [6.07, 6.45) is 5.29. The fraction of sp³-hybridized carbons (Fsp3) is 0.333. The molecule has 0 saturated heterocycles. The Kier molecular flexibility index (Phi) is 6.24. The summed E-state index contributed by atoms with van der Waals surface area (Å²) in [5.41, 5.74) is 6.10. The molecule has 0 radical (unpaired) electrons. The number of rotatable bonds is 6. The summed E-state index contributed by atoms with van der Waals surface area (Å²) in [5.74, 6) is 1.63. The molecule has 0 aliphatic heterocycles. The van der Waals surface area contributed by atoms with Gasteiger partial charge in [0.05, 0.1) is 6.20 Å². The lowest BCUT2D eigenvalue weighted by Gasteiger charge is -2.40. The molecule has 5 rings (SSSR count). The largest absolute Gasteiger partial charge is 0.436 e. The number of fused-ring (bicyclic) bond motifs is 1. The van der Waals surface area contributed by atoms with E-state index in [0.29, 0.717) is 11.7 Å². The molecule has 180 valence electrons. The monoisotopic (exact) mass is 482 g/mol. The first-order valence-corrected chi connectivity index (χ1v) is 15.3. The molecule has 2 heterocycles. The van der Waals surface area contributed by atoms with Gasteiger partial charge >= 0.3 is 0 Å². The minimum Gasteiger partial charge on any atom is -0.436 e. The highest BCUT2D eigenvalue weighted by Crippen LogP contribution is 2.45. The molecule has 1 aliphatic carbocycles. The van der Waals surface area contributed by atoms with Gasteiger partial charge in [-0.15, -0.1) is 0 Å². The van der Waals surface area contributed by atoms with E-state index >= 15 is 0 Å². The Morgan fingerprint density at radius 2 is 1.63 bits per heavy atom. The summed E-state index contributed by atoms with van der Waals surface area (Å²) in [6, 6.07) is 23.3. The van der Waals surface area contributed by atoms with Gasteiger partial charge in [-0.3, -0.25) is 4.98 Å². The molecule has 5 heteroatoms. The summed E-state index contributed by atoms with van der Waals surface area (Å²) < 4.78 is 13.3. The van der Waals surface area contributed by atoms with Crippen LogP contribution in [-0.2, 0) is 17.3 Å². The lowest BCUT2D eigenvalue weighted by atomic mass is 9.99. The van der Waals surface area contributed by atoms with Gasteiger partial charge in [0.2, 0.25) is 5.89 Å². The van der Waals surface area contributed by atoms with Gasteiger partial charge in [-0.2, -0.15) is 0 Å². The fourth-order valence-electron chi connectivity index (χ4n) is 4.56. The second kappa shape index (κ2) is 9.21. The van der Waals surface area contributed by atoms with Crippen LogP contribution in [0.2, 0.25) is 18.1 Å². The van der Waals surface area contributed by atoms with Crippen LogP contribution in [0.3, 0.4) is 0 Å². The molecule has 35 heavy (non-hydrogen) atoms. The number of hydrogen-bond acceptors (Lipinski definition) is 4. The Balaban J connectivity index is 1.47. The number of pyridine rings is 1. The molecule has 0 fully saturated rings. The lowest BCUT2D eigenvalue weighted by Crippen LogP contribution is -2.43. The molecule has 0 saturated carbocycles. The van der Waals surface area contributed by atoms with Crippen molar-refractivity contribution < 1.29 is 8.84 Å². The molecule has 0 spiro atoms. The third-order valence-corrected chi connectivity index (χ3v) is 12.1. The van der Waals surface area contributed by atoms with E-state index in [1.165, 1.54) is 22.3 Å². The van der Waals surface area contributed by atoms with Gasteiger partial charge in [0.25, 0.3) is 0 Å². The van der Waals surface area contributed by atoms with Crippen LogP contribution in [0.1, 0.15) is 43.9 Å². The quantitative estimate of drug-likeness (QED) is 0.262. The maximum Gasteiger partial charge on any atom is 0.223 e.